The van der Waals surface area contributed by atoms with Crippen LogP contribution in [0.4, 0.5) is 10.1 Å². The highest BCUT2D eigenvalue weighted by Crippen LogP contribution is 2.28. The van der Waals surface area contributed by atoms with Crippen molar-refractivity contribution in [2.45, 2.75) is 24.1 Å². The second kappa shape index (κ2) is 8.35. The topological polar surface area (TPSA) is 68.2 Å². The van der Waals surface area contributed by atoms with Crippen LogP contribution < -0.4 is 5.32 Å². The van der Waals surface area contributed by atoms with Gasteiger partial charge in [-0.1, -0.05) is 42.5 Å². The number of anilines is 1. The predicted octanol–water partition coefficient (Wildman–Crippen LogP) is 4.70. The van der Waals surface area contributed by atoms with Crippen molar-refractivity contribution < 1.29 is 17.6 Å². The Kier molecular flexibility index (Phi) is 5.61. The molecule has 158 valence electrons. The molecule has 1 N–H and O–H groups in total. The van der Waals surface area contributed by atoms with Gasteiger partial charge in [0.15, 0.2) is 9.84 Å². The summed E-state index contributed by atoms with van der Waals surface area (Å²) in [6.07, 6.45) is 1.48. The number of carbonyl (C=O) groups is 1. The Morgan fingerprint density at radius 3 is 2.55 bits per heavy atom. The van der Waals surface area contributed by atoms with Crippen LogP contribution in [0.2, 0.25) is 0 Å². The number of sulfone groups is 1. The van der Waals surface area contributed by atoms with E-state index < -0.39 is 15.7 Å². The van der Waals surface area contributed by atoms with Crippen molar-refractivity contribution in [2.75, 3.05) is 5.32 Å². The molecular weight excluding hydrogens is 415 g/mol. The van der Waals surface area contributed by atoms with Gasteiger partial charge in [0.25, 0.3) is 0 Å². The van der Waals surface area contributed by atoms with Crippen LogP contribution in [0.5, 0.6) is 0 Å². The normalized spacial score (nSPS) is 11.5. The van der Waals surface area contributed by atoms with Crippen LogP contribution in [0.25, 0.3) is 10.9 Å². The molecule has 7 heteroatoms. The highest BCUT2D eigenvalue weighted by atomic mass is 32.2. The lowest BCUT2D eigenvalue weighted by Crippen LogP contribution is -2.18. The fourth-order valence-electron chi connectivity index (χ4n) is 3.59. The molecule has 0 bridgehead atoms. The fourth-order valence-corrected chi connectivity index (χ4v) is 5.16. The molecule has 0 atom stereocenters. The predicted molar refractivity (Wildman–Crippen MR) is 119 cm³/mol. The monoisotopic (exact) mass is 436 g/mol. The summed E-state index contributed by atoms with van der Waals surface area (Å²) in [6, 6.07) is 20.0. The molecule has 1 heterocycles. The number of aryl methyl sites for hydroxylation is 1. The number of para-hydroxylation sites is 1. The number of hydrogen-bond donors (Lipinski definition) is 1. The van der Waals surface area contributed by atoms with Gasteiger partial charge in [-0.25, -0.2) is 12.8 Å². The van der Waals surface area contributed by atoms with Gasteiger partial charge in [-0.3, -0.25) is 4.79 Å². The molecule has 0 spiro atoms. The molecule has 0 aliphatic heterocycles. The lowest BCUT2D eigenvalue weighted by atomic mass is 10.2. The molecule has 0 radical (unpaired) electrons. The first-order valence-electron chi connectivity index (χ1n) is 9.73. The first-order chi connectivity index (χ1) is 14.8. The number of nitrogens with one attached hydrogen (secondary N) is 1. The Labute approximate surface area is 180 Å². The number of carbonyl (C=O) groups excluding carboxylic acids is 1. The van der Waals surface area contributed by atoms with Gasteiger partial charge >= 0.3 is 0 Å². The Hall–Kier alpha value is -3.45. The Balaban J connectivity index is 1.65. The molecule has 0 aliphatic carbocycles. The van der Waals surface area contributed by atoms with E-state index in [2.05, 4.69) is 5.32 Å². The first-order valence-corrected chi connectivity index (χ1v) is 11.4. The summed E-state index contributed by atoms with van der Waals surface area (Å²) in [5.41, 5.74) is 2.71. The minimum absolute atomic E-state index is 0.0378. The van der Waals surface area contributed by atoms with Gasteiger partial charge in [0, 0.05) is 22.8 Å². The molecule has 5 nitrogen and oxygen atoms in total. The van der Waals surface area contributed by atoms with E-state index in [0.29, 0.717) is 22.2 Å². The number of hydrogen-bond acceptors (Lipinski definition) is 3. The van der Waals surface area contributed by atoms with E-state index in [1.165, 1.54) is 24.4 Å². The Morgan fingerprint density at radius 1 is 1.00 bits per heavy atom. The largest absolute Gasteiger partial charge is 0.337 e. The zero-order valence-electron chi connectivity index (χ0n) is 16.9. The minimum atomic E-state index is -3.76. The van der Waals surface area contributed by atoms with Crippen molar-refractivity contribution in [3.8, 4) is 0 Å². The minimum Gasteiger partial charge on any atom is -0.337 e. The molecule has 0 fully saturated rings. The van der Waals surface area contributed by atoms with Crippen LogP contribution >= 0.6 is 0 Å². The van der Waals surface area contributed by atoms with E-state index in [-0.39, 0.29) is 23.1 Å². The summed E-state index contributed by atoms with van der Waals surface area (Å²) < 4.78 is 41.4. The molecule has 3 aromatic carbocycles. The maximum absolute atomic E-state index is 13.5. The number of amides is 1. The van der Waals surface area contributed by atoms with Gasteiger partial charge in [0.2, 0.25) is 5.91 Å². The van der Waals surface area contributed by atoms with Gasteiger partial charge in [-0.05, 0) is 48.4 Å². The van der Waals surface area contributed by atoms with Crippen LogP contribution in [-0.4, -0.2) is 18.9 Å². The average Bonchev–Trinajstić information content (AvgIpc) is 3.07. The van der Waals surface area contributed by atoms with E-state index >= 15 is 0 Å². The molecule has 4 rings (SSSR count). The summed E-state index contributed by atoms with van der Waals surface area (Å²) in [7, 11) is -3.76. The fraction of sp³-hybridized carbons (Fsp3) is 0.125. The number of nitrogens with zero attached hydrogens (tertiary/aromatic N) is 1. The first kappa shape index (κ1) is 20.8. The third-order valence-electron chi connectivity index (χ3n) is 4.95. The highest BCUT2D eigenvalue weighted by molar-refractivity contribution is 7.90. The van der Waals surface area contributed by atoms with Crippen molar-refractivity contribution in [3.63, 3.8) is 0 Å². The number of rotatable bonds is 6. The van der Waals surface area contributed by atoms with Crippen molar-refractivity contribution in [1.29, 1.82) is 0 Å². The molecule has 0 saturated carbocycles. The van der Waals surface area contributed by atoms with E-state index in [4.69, 9.17) is 0 Å². The molecule has 1 aromatic heterocycles. The van der Waals surface area contributed by atoms with Crippen LogP contribution in [-0.2, 0) is 26.9 Å². The number of aromatic nitrogens is 1. The van der Waals surface area contributed by atoms with Crippen molar-refractivity contribution in [3.05, 3.63) is 95.9 Å². The van der Waals surface area contributed by atoms with Crippen LogP contribution in [0.3, 0.4) is 0 Å². The molecular formula is C24H21FN2O3S. The zero-order valence-corrected chi connectivity index (χ0v) is 17.7. The van der Waals surface area contributed by atoms with Gasteiger partial charge in [-0.2, -0.15) is 0 Å². The number of benzene rings is 3. The molecule has 31 heavy (non-hydrogen) atoms. The van der Waals surface area contributed by atoms with Crippen molar-refractivity contribution >= 4 is 32.3 Å². The molecule has 4 aromatic rings. The maximum atomic E-state index is 13.5. The van der Waals surface area contributed by atoms with Crippen LogP contribution in [0.1, 0.15) is 11.1 Å². The summed E-state index contributed by atoms with van der Waals surface area (Å²) in [5, 5.41) is 3.37. The molecule has 0 aliphatic rings. The van der Waals surface area contributed by atoms with E-state index in [1.54, 1.807) is 41.0 Å². The van der Waals surface area contributed by atoms with Gasteiger partial charge in [0.1, 0.15) is 12.4 Å². The highest BCUT2D eigenvalue weighted by Gasteiger charge is 2.22. The van der Waals surface area contributed by atoms with Crippen LogP contribution in [0, 0.1) is 12.7 Å². The number of halogens is 1. The molecule has 0 unspecified atom stereocenters. The van der Waals surface area contributed by atoms with E-state index in [1.807, 2.05) is 25.1 Å². The Morgan fingerprint density at radius 2 is 1.77 bits per heavy atom. The third kappa shape index (κ3) is 4.67. The summed E-state index contributed by atoms with van der Waals surface area (Å²) in [6.45, 7) is 1.90. The lowest BCUT2D eigenvalue weighted by Gasteiger charge is -2.08. The second-order valence-electron chi connectivity index (χ2n) is 7.45. The van der Waals surface area contributed by atoms with E-state index in [0.717, 1.165) is 5.56 Å². The molecule has 0 saturated heterocycles. The number of fused-ring (bicyclic) bond motifs is 1. The maximum Gasteiger partial charge on any atom is 0.244 e. The average molecular weight is 437 g/mol. The lowest BCUT2D eigenvalue weighted by molar-refractivity contribution is -0.116. The molecule has 1 amide bonds. The Bertz CT molecular complexity index is 1380. The summed E-state index contributed by atoms with van der Waals surface area (Å²) in [4.78, 5) is 12.7. The van der Waals surface area contributed by atoms with Gasteiger partial charge in [-0.15, -0.1) is 0 Å². The van der Waals surface area contributed by atoms with E-state index in [9.17, 15) is 17.6 Å². The standard InChI is InChI=1S/C24H21FN2O3S/c1-17-6-4-9-20(12-17)26-24(28)15-27-14-23(21-10-2-3-11-22(21)27)31(29,30)16-18-7-5-8-19(25)13-18/h2-14H,15-16H2,1H3,(H,26,28). The second-order valence-corrected chi connectivity index (χ2v) is 9.40. The van der Waals surface area contributed by atoms with Gasteiger partial charge in [0.05, 0.1) is 10.6 Å². The smallest absolute Gasteiger partial charge is 0.244 e. The SMILES string of the molecule is Cc1cccc(NC(=O)Cn2cc(S(=O)(=O)Cc3cccc(F)c3)c3ccccc32)c1. The van der Waals surface area contributed by atoms with Crippen molar-refractivity contribution in [1.82, 2.24) is 4.57 Å². The van der Waals surface area contributed by atoms with Gasteiger partial charge < -0.3 is 9.88 Å². The third-order valence-corrected chi connectivity index (χ3v) is 6.66. The quantitative estimate of drug-likeness (QED) is 0.476. The summed E-state index contributed by atoms with van der Waals surface area (Å²) in [5.74, 6) is -1.07. The zero-order chi connectivity index (χ0) is 22.0. The van der Waals surface area contributed by atoms with Crippen LogP contribution in [0.15, 0.2) is 83.9 Å². The summed E-state index contributed by atoms with van der Waals surface area (Å²) >= 11 is 0. The van der Waals surface area contributed by atoms with Crippen molar-refractivity contribution in [2.24, 2.45) is 0 Å².